The number of nitrogens with zero attached hydrogens (tertiary/aromatic N) is 1. The number of halogens is 1. The van der Waals surface area contributed by atoms with Gasteiger partial charge >= 0.3 is 0 Å². The van der Waals surface area contributed by atoms with Crippen LogP contribution in [0.1, 0.15) is 37.0 Å². The minimum Gasteiger partial charge on any atom is -0.352 e. The summed E-state index contributed by atoms with van der Waals surface area (Å²) in [5, 5.41) is 3.02. The summed E-state index contributed by atoms with van der Waals surface area (Å²) in [6.07, 6.45) is 2.37. The molecule has 0 aromatic heterocycles. The van der Waals surface area contributed by atoms with Crippen molar-refractivity contribution in [1.82, 2.24) is 10.2 Å². The third kappa shape index (κ3) is 5.58. The van der Waals surface area contributed by atoms with E-state index in [4.69, 9.17) is 0 Å². The van der Waals surface area contributed by atoms with E-state index in [-0.39, 0.29) is 5.91 Å². The molecule has 0 spiro atoms. The monoisotopic (exact) mass is 400 g/mol. The molecule has 1 aromatic rings. The van der Waals surface area contributed by atoms with E-state index in [0.29, 0.717) is 0 Å². The van der Waals surface area contributed by atoms with Gasteiger partial charge in [-0.05, 0) is 72.0 Å². The first-order valence-corrected chi connectivity index (χ1v) is 8.88. The van der Waals surface area contributed by atoms with E-state index in [0.717, 1.165) is 40.5 Å². The number of carbonyl (C=O) groups is 1. The van der Waals surface area contributed by atoms with E-state index in [1.165, 1.54) is 19.5 Å². The summed E-state index contributed by atoms with van der Waals surface area (Å²) >= 11 is 2.23. The number of likely N-dealkylation sites (tertiary alicyclic amines) is 1. The maximum atomic E-state index is 12.0. The second-order valence-electron chi connectivity index (χ2n) is 6.33. The normalized spacial score (nSPS) is 23.0. The molecule has 1 aromatic carbocycles. The maximum absolute atomic E-state index is 12.0. The summed E-state index contributed by atoms with van der Waals surface area (Å²) in [6, 6.07) is 7.71. The largest absolute Gasteiger partial charge is 0.352 e. The Labute approximate surface area is 141 Å². The molecule has 0 saturated carbocycles. The van der Waals surface area contributed by atoms with Crippen LogP contribution in [0.5, 0.6) is 0 Å². The van der Waals surface area contributed by atoms with Gasteiger partial charge in [0.15, 0.2) is 0 Å². The minimum atomic E-state index is 0.0360. The molecule has 1 saturated heterocycles. The van der Waals surface area contributed by atoms with Gasteiger partial charge in [-0.3, -0.25) is 4.79 Å². The molecule has 1 fully saturated rings. The van der Waals surface area contributed by atoms with Gasteiger partial charge in [-0.1, -0.05) is 19.9 Å². The zero-order valence-electron chi connectivity index (χ0n) is 12.9. The maximum Gasteiger partial charge on any atom is 0.251 e. The van der Waals surface area contributed by atoms with Gasteiger partial charge in [0, 0.05) is 28.8 Å². The molecule has 4 heteroatoms. The molecule has 0 unspecified atom stereocenters. The van der Waals surface area contributed by atoms with Crippen molar-refractivity contribution >= 4 is 28.5 Å². The lowest BCUT2D eigenvalue weighted by atomic mass is 9.92. The number of hydrogen-bond acceptors (Lipinski definition) is 2. The van der Waals surface area contributed by atoms with Crippen LogP contribution >= 0.6 is 22.6 Å². The van der Waals surface area contributed by atoms with Crippen molar-refractivity contribution in [2.45, 2.75) is 26.7 Å². The van der Waals surface area contributed by atoms with E-state index >= 15 is 0 Å². The highest BCUT2D eigenvalue weighted by molar-refractivity contribution is 14.1. The molecule has 0 radical (unpaired) electrons. The molecule has 2 atom stereocenters. The summed E-state index contributed by atoms with van der Waals surface area (Å²) in [5.74, 6) is 1.64. The zero-order chi connectivity index (χ0) is 15.2. The molecule has 0 aliphatic carbocycles. The van der Waals surface area contributed by atoms with Crippen LogP contribution in [0.2, 0.25) is 0 Å². The fourth-order valence-electron chi connectivity index (χ4n) is 3.21. The first-order chi connectivity index (χ1) is 10.0. The lowest BCUT2D eigenvalue weighted by molar-refractivity contribution is 0.0947. The molecular weight excluding hydrogens is 375 g/mol. The lowest BCUT2D eigenvalue weighted by Gasteiger charge is -2.34. The van der Waals surface area contributed by atoms with E-state index in [9.17, 15) is 4.79 Å². The zero-order valence-corrected chi connectivity index (χ0v) is 15.1. The molecule has 21 heavy (non-hydrogen) atoms. The predicted molar refractivity (Wildman–Crippen MR) is 95.5 cm³/mol. The molecule has 0 bridgehead atoms. The molecule has 1 N–H and O–H groups in total. The third-order valence-electron chi connectivity index (χ3n) is 3.97. The highest BCUT2D eigenvalue weighted by atomic mass is 127. The Kier molecular flexibility index (Phi) is 6.48. The van der Waals surface area contributed by atoms with Crippen LogP contribution in [0.4, 0.5) is 0 Å². The molecule has 1 aliphatic heterocycles. The molecule has 116 valence electrons. The second kappa shape index (κ2) is 8.13. The van der Waals surface area contributed by atoms with Gasteiger partial charge in [0.25, 0.3) is 5.91 Å². The van der Waals surface area contributed by atoms with Crippen molar-refractivity contribution < 1.29 is 4.79 Å². The van der Waals surface area contributed by atoms with E-state index < -0.39 is 0 Å². The quantitative estimate of drug-likeness (QED) is 0.607. The number of hydrogen-bond donors (Lipinski definition) is 1. The summed E-state index contributed by atoms with van der Waals surface area (Å²) in [7, 11) is 0. The van der Waals surface area contributed by atoms with Crippen molar-refractivity contribution in [2.75, 3.05) is 26.2 Å². The van der Waals surface area contributed by atoms with Crippen LogP contribution in [0.3, 0.4) is 0 Å². The van der Waals surface area contributed by atoms with Crippen LogP contribution in [0, 0.1) is 15.4 Å². The van der Waals surface area contributed by atoms with Crippen LogP contribution in [0.25, 0.3) is 0 Å². The molecular formula is C17H25IN2O. The number of carbonyl (C=O) groups excluding carboxylic acids is 1. The second-order valence-corrected chi connectivity index (χ2v) is 7.57. The summed E-state index contributed by atoms with van der Waals surface area (Å²) in [4.78, 5) is 14.6. The average Bonchev–Trinajstić information content (AvgIpc) is 2.42. The molecule has 3 nitrogen and oxygen atoms in total. The standard InChI is InChI=1S/C17H25IN2O/c1-13-9-14(2)12-20(11-13)8-4-7-19-17(21)15-5-3-6-16(18)10-15/h3,5-6,10,13-14H,4,7-9,11-12H2,1-2H3,(H,19,21)/t13-,14+. The van der Waals surface area contributed by atoms with Crippen molar-refractivity contribution in [2.24, 2.45) is 11.8 Å². The van der Waals surface area contributed by atoms with Gasteiger partial charge < -0.3 is 10.2 Å². The van der Waals surface area contributed by atoms with Gasteiger partial charge in [0.2, 0.25) is 0 Å². The smallest absolute Gasteiger partial charge is 0.251 e. The van der Waals surface area contributed by atoms with Crippen molar-refractivity contribution in [3.05, 3.63) is 33.4 Å². The van der Waals surface area contributed by atoms with Crippen molar-refractivity contribution in [3.8, 4) is 0 Å². The number of nitrogens with one attached hydrogen (secondary N) is 1. The van der Waals surface area contributed by atoms with Crippen LogP contribution in [0.15, 0.2) is 24.3 Å². The highest BCUT2D eigenvalue weighted by Gasteiger charge is 2.21. The summed E-state index contributed by atoms with van der Waals surface area (Å²) in [5.41, 5.74) is 0.752. The highest BCUT2D eigenvalue weighted by Crippen LogP contribution is 2.20. The minimum absolute atomic E-state index is 0.0360. The predicted octanol–water partition coefficient (Wildman–Crippen LogP) is 3.39. The van der Waals surface area contributed by atoms with E-state index in [1.54, 1.807) is 0 Å². The van der Waals surface area contributed by atoms with Gasteiger partial charge in [-0.25, -0.2) is 0 Å². The number of rotatable bonds is 5. The Morgan fingerprint density at radius 3 is 2.71 bits per heavy atom. The molecule has 1 heterocycles. The Morgan fingerprint density at radius 2 is 2.05 bits per heavy atom. The number of benzene rings is 1. The third-order valence-corrected chi connectivity index (χ3v) is 4.64. The number of amides is 1. The van der Waals surface area contributed by atoms with Crippen LogP contribution < -0.4 is 5.32 Å². The fraction of sp³-hybridized carbons (Fsp3) is 0.588. The van der Waals surface area contributed by atoms with Crippen molar-refractivity contribution in [3.63, 3.8) is 0 Å². The van der Waals surface area contributed by atoms with Crippen LogP contribution in [-0.2, 0) is 0 Å². The van der Waals surface area contributed by atoms with Gasteiger partial charge in [-0.15, -0.1) is 0 Å². The van der Waals surface area contributed by atoms with Crippen LogP contribution in [-0.4, -0.2) is 37.0 Å². The lowest BCUT2D eigenvalue weighted by Crippen LogP contribution is -2.40. The molecule has 1 aliphatic rings. The Bertz CT molecular complexity index is 468. The SMILES string of the molecule is C[C@@H]1C[C@H](C)CN(CCCNC(=O)c2cccc(I)c2)C1. The first kappa shape index (κ1) is 16.7. The topological polar surface area (TPSA) is 32.3 Å². The summed E-state index contributed by atoms with van der Waals surface area (Å²) < 4.78 is 1.09. The van der Waals surface area contributed by atoms with Gasteiger partial charge in [0.05, 0.1) is 0 Å². The first-order valence-electron chi connectivity index (χ1n) is 7.80. The van der Waals surface area contributed by atoms with Crippen molar-refractivity contribution in [1.29, 1.82) is 0 Å². The van der Waals surface area contributed by atoms with Gasteiger partial charge in [0.1, 0.15) is 0 Å². The van der Waals surface area contributed by atoms with E-state index in [1.807, 2.05) is 24.3 Å². The average molecular weight is 400 g/mol. The molecule has 1 amide bonds. The Morgan fingerprint density at radius 1 is 1.33 bits per heavy atom. The fourth-order valence-corrected chi connectivity index (χ4v) is 3.75. The van der Waals surface area contributed by atoms with E-state index in [2.05, 4.69) is 46.7 Å². The Balaban J connectivity index is 1.69. The van der Waals surface area contributed by atoms with Gasteiger partial charge in [-0.2, -0.15) is 0 Å². The molecule has 2 rings (SSSR count). The summed E-state index contributed by atoms with van der Waals surface area (Å²) in [6.45, 7) is 8.91. The Hall–Kier alpha value is -0.620. The number of piperidine rings is 1.